The first-order valence-electron chi connectivity index (χ1n) is 4.19. The first kappa shape index (κ1) is 7.59. The predicted octanol–water partition coefficient (Wildman–Crippen LogP) is 3.45. The van der Waals surface area contributed by atoms with Crippen molar-refractivity contribution in [2.75, 3.05) is 0 Å². The normalized spacial score (nSPS) is 19.4. The minimum Gasteiger partial charge on any atom is -0.0816 e. The highest BCUT2D eigenvalue weighted by atomic mass is 14.0. The number of allylic oxidation sites excluding steroid dienone is 4. The zero-order chi connectivity index (χ0) is 7.40. The summed E-state index contributed by atoms with van der Waals surface area (Å²) in [6, 6.07) is 0. The molecule has 0 fully saturated rings. The quantitative estimate of drug-likeness (QED) is 0.518. The smallest absolute Gasteiger partial charge is 0.0314 e. The van der Waals surface area contributed by atoms with Gasteiger partial charge in [0, 0.05) is 0 Å². The average Bonchev–Trinajstić information content (AvgIpc) is 2.13. The highest BCUT2D eigenvalue weighted by Crippen LogP contribution is 2.18. The van der Waals surface area contributed by atoms with Gasteiger partial charge in [0.2, 0.25) is 0 Å². The molecular weight excluding hydrogens is 120 g/mol. The Morgan fingerprint density at radius 2 is 2.30 bits per heavy atom. The van der Waals surface area contributed by atoms with Crippen LogP contribution in [0, 0.1) is 0 Å². The maximum absolute atomic E-state index is 2.34. The van der Waals surface area contributed by atoms with E-state index in [4.69, 9.17) is 0 Å². The molecule has 0 saturated heterocycles. The van der Waals surface area contributed by atoms with Gasteiger partial charge in [0.1, 0.15) is 0 Å². The van der Waals surface area contributed by atoms with Crippen LogP contribution >= 0.6 is 0 Å². The Bertz CT molecular complexity index is 161. The van der Waals surface area contributed by atoms with E-state index in [0.717, 1.165) is 0 Å². The van der Waals surface area contributed by atoms with E-state index in [2.05, 4.69) is 26.0 Å². The summed E-state index contributed by atoms with van der Waals surface area (Å²) in [5.74, 6) is 0. The van der Waals surface area contributed by atoms with E-state index < -0.39 is 0 Å². The first-order chi connectivity index (χ1) is 4.83. The van der Waals surface area contributed by atoms with Crippen LogP contribution in [0.25, 0.3) is 0 Å². The van der Waals surface area contributed by atoms with Crippen molar-refractivity contribution in [3.8, 4) is 0 Å². The molecule has 0 spiro atoms. The highest BCUT2D eigenvalue weighted by molar-refractivity contribution is 5.23. The Labute approximate surface area is 63.6 Å². The average molecular weight is 136 g/mol. The maximum atomic E-state index is 2.34. The molecule has 1 rings (SSSR count). The summed E-state index contributed by atoms with van der Waals surface area (Å²) in [5.41, 5.74) is 3.07. The van der Waals surface area contributed by atoms with Gasteiger partial charge in [0.15, 0.2) is 0 Å². The lowest BCUT2D eigenvalue weighted by Gasteiger charge is -1.98. The lowest BCUT2D eigenvalue weighted by molar-refractivity contribution is 0.812. The van der Waals surface area contributed by atoms with E-state index in [9.17, 15) is 0 Å². The summed E-state index contributed by atoms with van der Waals surface area (Å²) in [5, 5.41) is 0. The van der Waals surface area contributed by atoms with Crippen LogP contribution in [0.15, 0.2) is 23.3 Å². The summed E-state index contributed by atoms with van der Waals surface area (Å²) in [6.45, 7) is 4.44. The van der Waals surface area contributed by atoms with Gasteiger partial charge < -0.3 is 0 Å². The van der Waals surface area contributed by atoms with Crippen LogP contribution in [-0.2, 0) is 0 Å². The Kier molecular flexibility index (Phi) is 2.73. The molecule has 0 aliphatic heterocycles. The molecular formula is C10H16. The van der Waals surface area contributed by atoms with Crippen molar-refractivity contribution in [2.24, 2.45) is 0 Å². The monoisotopic (exact) mass is 136 g/mol. The van der Waals surface area contributed by atoms with Gasteiger partial charge in [-0.25, -0.2) is 0 Å². The fourth-order valence-electron chi connectivity index (χ4n) is 1.39. The van der Waals surface area contributed by atoms with Crippen molar-refractivity contribution in [2.45, 2.75) is 39.5 Å². The second-order valence-electron chi connectivity index (χ2n) is 3.00. The summed E-state index contributed by atoms with van der Waals surface area (Å²) in [6.07, 6.45) is 9.83. The van der Waals surface area contributed by atoms with Gasteiger partial charge in [-0.1, -0.05) is 30.2 Å². The topological polar surface area (TPSA) is 0 Å². The third-order valence-electron chi connectivity index (χ3n) is 2.05. The zero-order valence-corrected chi connectivity index (χ0v) is 6.98. The summed E-state index contributed by atoms with van der Waals surface area (Å²) in [4.78, 5) is 0. The molecule has 0 aromatic rings. The Hall–Kier alpha value is -0.520. The van der Waals surface area contributed by atoms with Crippen LogP contribution in [0.1, 0.15) is 39.5 Å². The van der Waals surface area contributed by atoms with Crippen LogP contribution in [0.5, 0.6) is 0 Å². The molecule has 0 amide bonds. The van der Waals surface area contributed by atoms with Gasteiger partial charge in [-0.15, -0.1) is 0 Å². The summed E-state index contributed by atoms with van der Waals surface area (Å²) in [7, 11) is 0. The Morgan fingerprint density at radius 1 is 1.50 bits per heavy atom. The molecule has 0 bridgehead atoms. The van der Waals surface area contributed by atoms with Crippen molar-refractivity contribution in [1.29, 1.82) is 0 Å². The fraction of sp³-hybridized carbons (Fsp3) is 0.600. The van der Waals surface area contributed by atoms with Crippen molar-refractivity contribution in [3.63, 3.8) is 0 Å². The fourth-order valence-corrected chi connectivity index (χ4v) is 1.39. The van der Waals surface area contributed by atoms with E-state index in [-0.39, 0.29) is 0 Å². The molecule has 0 nitrogen and oxygen atoms in total. The third kappa shape index (κ3) is 2.02. The SMILES string of the molecule is CCC1=CC(C)=CCCC1. The molecule has 0 N–H and O–H groups in total. The summed E-state index contributed by atoms with van der Waals surface area (Å²) >= 11 is 0. The first-order valence-corrected chi connectivity index (χ1v) is 4.19. The van der Waals surface area contributed by atoms with Crippen LogP contribution in [-0.4, -0.2) is 0 Å². The number of rotatable bonds is 1. The summed E-state index contributed by atoms with van der Waals surface area (Å²) < 4.78 is 0. The van der Waals surface area contributed by atoms with Crippen LogP contribution in [0.4, 0.5) is 0 Å². The van der Waals surface area contributed by atoms with Gasteiger partial charge >= 0.3 is 0 Å². The van der Waals surface area contributed by atoms with Crippen molar-refractivity contribution in [3.05, 3.63) is 23.3 Å². The van der Waals surface area contributed by atoms with E-state index in [1.54, 1.807) is 5.57 Å². The second kappa shape index (κ2) is 3.60. The molecule has 0 unspecified atom stereocenters. The maximum Gasteiger partial charge on any atom is -0.0314 e. The lowest BCUT2D eigenvalue weighted by Crippen LogP contribution is -1.78. The molecule has 0 radical (unpaired) electrons. The van der Waals surface area contributed by atoms with E-state index >= 15 is 0 Å². The van der Waals surface area contributed by atoms with Gasteiger partial charge in [-0.05, 0) is 32.6 Å². The second-order valence-corrected chi connectivity index (χ2v) is 3.00. The lowest BCUT2D eigenvalue weighted by atomic mass is 10.1. The predicted molar refractivity (Wildman–Crippen MR) is 46.0 cm³/mol. The highest BCUT2D eigenvalue weighted by Gasteiger charge is 1.98. The third-order valence-corrected chi connectivity index (χ3v) is 2.05. The minimum absolute atomic E-state index is 1.23. The van der Waals surface area contributed by atoms with Crippen molar-refractivity contribution < 1.29 is 0 Å². The van der Waals surface area contributed by atoms with E-state index in [1.165, 1.54) is 31.3 Å². The molecule has 1 aliphatic rings. The van der Waals surface area contributed by atoms with Gasteiger partial charge in [0.05, 0.1) is 0 Å². The molecule has 0 aromatic heterocycles. The number of hydrogen-bond acceptors (Lipinski definition) is 0. The van der Waals surface area contributed by atoms with E-state index in [1.807, 2.05) is 0 Å². The van der Waals surface area contributed by atoms with Crippen LogP contribution in [0.2, 0.25) is 0 Å². The minimum atomic E-state index is 1.23. The van der Waals surface area contributed by atoms with Gasteiger partial charge in [-0.3, -0.25) is 0 Å². The molecule has 0 atom stereocenters. The van der Waals surface area contributed by atoms with Crippen molar-refractivity contribution in [1.82, 2.24) is 0 Å². The Morgan fingerprint density at radius 3 is 3.00 bits per heavy atom. The molecule has 1 aliphatic carbocycles. The van der Waals surface area contributed by atoms with E-state index in [0.29, 0.717) is 0 Å². The van der Waals surface area contributed by atoms with Gasteiger partial charge in [-0.2, -0.15) is 0 Å². The van der Waals surface area contributed by atoms with Crippen LogP contribution in [0.3, 0.4) is 0 Å². The molecule has 56 valence electrons. The van der Waals surface area contributed by atoms with Crippen molar-refractivity contribution >= 4 is 0 Å². The van der Waals surface area contributed by atoms with Crippen LogP contribution < -0.4 is 0 Å². The Balaban J connectivity index is 2.65. The molecule has 0 heterocycles. The standard InChI is InChI=1S/C10H16/c1-3-10-7-5-4-6-9(2)8-10/h6,8H,3-5,7H2,1-2H3. The number of hydrogen-bond donors (Lipinski definition) is 0. The molecule has 10 heavy (non-hydrogen) atoms. The zero-order valence-electron chi connectivity index (χ0n) is 6.98. The molecule has 0 aromatic carbocycles. The van der Waals surface area contributed by atoms with Gasteiger partial charge in [0.25, 0.3) is 0 Å². The largest absolute Gasteiger partial charge is 0.0816 e. The molecule has 0 heteroatoms. The molecule has 0 saturated carbocycles.